The number of halogens is 2. The quantitative estimate of drug-likeness (QED) is 0.600. The lowest BCUT2D eigenvalue weighted by Gasteiger charge is -2.10. The van der Waals surface area contributed by atoms with Gasteiger partial charge in [-0.1, -0.05) is 23.7 Å². The van der Waals surface area contributed by atoms with Crippen LogP contribution in [-0.2, 0) is 0 Å². The van der Waals surface area contributed by atoms with Gasteiger partial charge in [0.05, 0.1) is 10.7 Å². The predicted molar refractivity (Wildman–Crippen MR) is 60.0 cm³/mol. The van der Waals surface area contributed by atoms with E-state index in [4.69, 9.17) is 23.2 Å². The Balaban J connectivity index is 2.64. The molecule has 0 radical (unpaired) electrons. The van der Waals surface area contributed by atoms with Gasteiger partial charge in [0.25, 0.3) is 0 Å². The highest BCUT2D eigenvalue weighted by molar-refractivity contribution is 6.33. The smallest absolute Gasteiger partial charge is 0.0640 e. The largest absolute Gasteiger partial charge is 0.384 e. The zero-order valence-corrected chi connectivity index (χ0v) is 9.12. The maximum absolute atomic E-state index is 6.01. The first-order valence-corrected chi connectivity index (χ1v) is 5.22. The highest BCUT2D eigenvalue weighted by Gasteiger charge is 2.01. The molecule has 3 heteroatoms. The SMILES string of the molecule is Cc1cccc(Cl)c1NCCCCl. The summed E-state index contributed by atoms with van der Waals surface area (Å²) in [4.78, 5) is 0. The number of hydrogen-bond donors (Lipinski definition) is 1. The standard InChI is InChI=1S/C10H13Cl2N/c1-8-4-2-5-9(12)10(8)13-7-3-6-11/h2,4-5,13H,3,6-7H2,1H3. The van der Waals surface area contributed by atoms with Crippen molar-refractivity contribution in [2.24, 2.45) is 0 Å². The molecule has 0 aromatic heterocycles. The zero-order chi connectivity index (χ0) is 9.68. The van der Waals surface area contributed by atoms with Crippen LogP contribution in [0.1, 0.15) is 12.0 Å². The van der Waals surface area contributed by atoms with Crippen molar-refractivity contribution in [3.63, 3.8) is 0 Å². The highest BCUT2D eigenvalue weighted by Crippen LogP contribution is 2.24. The Bertz CT molecular complexity index is 253. The fourth-order valence-corrected chi connectivity index (χ4v) is 1.56. The van der Waals surface area contributed by atoms with E-state index >= 15 is 0 Å². The van der Waals surface area contributed by atoms with Crippen LogP contribution in [0.2, 0.25) is 5.02 Å². The Morgan fingerprint density at radius 3 is 2.77 bits per heavy atom. The summed E-state index contributed by atoms with van der Waals surface area (Å²) in [5.74, 6) is 0.677. The van der Waals surface area contributed by atoms with Crippen LogP contribution in [0.15, 0.2) is 18.2 Å². The topological polar surface area (TPSA) is 12.0 Å². The number of nitrogens with one attached hydrogen (secondary N) is 1. The molecule has 0 saturated carbocycles. The number of aryl methyl sites for hydroxylation is 1. The minimum Gasteiger partial charge on any atom is -0.384 e. The molecule has 72 valence electrons. The van der Waals surface area contributed by atoms with Crippen LogP contribution < -0.4 is 5.32 Å². The second-order valence-electron chi connectivity index (χ2n) is 2.90. The minimum atomic E-state index is 0.677. The molecule has 1 aromatic carbocycles. The average molecular weight is 218 g/mol. The number of alkyl halides is 1. The van der Waals surface area contributed by atoms with Gasteiger partial charge in [-0.25, -0.2) is 0 Å². The van der Waals surface area contributed by atoms with Crippen LogP contribution >= 0.6 is 23.2 Å². The molecule has 0 bridgehead atoms. The Morgan fingerprint density at radius 1 is 1.38 bits per heavy atom. The van der Waals surface area contributed by atoms with Gasteiger partial charge in [0.1, 0.15) is 0 Å². The normalized spacial score (nSPS) is 10.1. The number of benzene rings is 1. The second kappa shape index (κ2) is 5.36. The van der Waals surface area contributed by atoms with Crippen molar-refractivity contribution in [2.75, 3.05) is 17.7 Å². The summed E-state index contributed by atoms with van der Waals surface area (Å²) in [6.07, 6.45) is 0.951. The summed E-state index contributed by atoms with van der Waals surface area (Å²) in [6, 6.07) is 5.87. The molecule has 1 aromatic rings. The number of anilines is 1. The summed E-state index contributed by atoms with van der Waals surface area (Å²) in [6.45, 7) is 2.91. The Hall–Kier alpha value is -0.400. The van der Waals surface area contributed by atoms with Crippen LogP contribution in [-0.4, -0.2) is 12.4 Å². The van der Waals surface area contributed by atoms with Gasteiger partial charge in [0, 0.05) is 12.4 Å². The molecule has 1 nitrogen and oxygen atoms in total. The summed E-state index contributed by atoms with van der Waals surface area (Å²) >= 11 is 11.6. The molecule has 0 aliphatic heterocycles. The molecule has 0 aliphatic carbocycles. The van der Waals surface area contributed by atoms with Crippen molar-refractivity contribution >= 4 is 28.9 Å². The van der Waals surface area contributed by atoms with Gasteiger partial charge in [0.2, 0.25) is 0 Å². The molecule has 13 heavy (non-hydrogen) atoms. The van der Waals surface area contributed by atoms with E-state index < -0.39 is 0 Å². The van der Waals surface area contributed by atoms with Crippen LogP contribution in [0, 0.1) is 6.92 Å². The lowest BCUT2D eigenvalue weighted by atomic mass is 10.2. The van der Waals surface area contributed by atoms with Gasteiger partial charge in [0.15, 0.2) is 0 Å². The van der Waals surface area contributed by atoms with Gasteiger partial charge in [-0.05, 0) is 25.0 Å². The van der Waals surface area contributed by atoms with Crippen LogP contribution in [0.3, 0.4) is 0 Å². The van der Waals surface area contributed by atoms with Gasteiger partial charge < -0.3 is 5.32 Å². The van der Waals surface area contributed by atoms with E-state index in [2.05, 4.69) is 5.32 Å². The molecule has 0 fully saturated rings. The summed E-state index contributed by atoms with van der Waals surface area (Å²) in [7, 11) is 0. The van der Waals surface area contributed by atoms with E-state index in [1.165, 1.54) is 5.56 Å². The molecular formula is C10H13Cl2N. The predicted octanol–water partition coefficient (Wildman–Crippen LogP) is 3.69. The maximum atomic E-state index is 6.01. The van der Waals surface area contributed by atoms with Gasteiger partial charge in [-0.2, -0.15) is 0 Å². The van der Waals surface area contributed by atoms with Gasteiger partial charge in [-0.15, -0.1) is 11.6 Å². The first-order chi connectivity index (χ1) is 6.25. The number of hydrogen-bond acceptors (Lipinski definition) is 1. The fourth-order valence-electron chi connectivity index (χ4n) is 1.14. The molecule has 0 spiro atoms. The van der Waals surface area contributed by atoms with Crippen molar-refractivity contribution in [2.45, 2.75) is 13.3 Å². The lowest BCUT2D eigenvalue weighted by Crippen LogP contribution is -2.03. The molecule has 0 aliphatic rings. The molecule has 0 saturated heterocycles. The maximum Gasteiger partial charge on any atom is 0.0640 e. The molecular weight excluding hydrogens is 205 g/mol. The summed E-state index contributed by atoms with van der Waals surface area (Å²) < 4.78 is 0. The van der Waals surface area contributed by atoms with E-state index in [0.717, 1.165) is 23.7 Å². The number of rotatable bonds is 4. The highest BCUT2D eigenvalue weighted by atomic mass is 35.5. The first-order valence-electron chi connectivity index (χ1n) is 4.30. The van der Waals surface area contributed by atoms with Crippen molar-refractivity contribution in [1.82, 2.24) is 0 Å². The van der Waals surface area contributed by atoms with Gasteiger partial charge in [-0.3, -0.25) is 0 Å². The van der Waals surface area contributed by atoms with Crippen molar-refractivity contribution in [3.05, 3.63) is 28.8 Å². The minimum absolute atomic E-state index is 0.677. The lowest BCUT2D eigenvalue weighted by molar-refractivity contribution is 0.985. The molecule has 0 unspecified atom stereocenters. The third-order valence-corrected chi connectivity index (χ3v) is 2.42. The zero-order valence-electron chi connectivity index (χ0n) is 7.61. The first kappa shape index (κ1) is 10.7. The van der Waals surface area contributed by atoms with E-state index in [9.17, 15) is 0 Å². The van der Waals surface area contributed by atoms with Crippen LogP contribution in [0.4, 0.5) is 5.69 Å². The Morgan fingerprint density at radius 2 is 2.15 bits per heavy atom. The number of para-hydroxylation sites is 1. The molecule has 0 atom stereocenters. The molecule has 0 amide bonds. The van der Waals surface area contributed by atoms with Crippen LogP contribution in [0.5, 0.6) is 0 Å². The monoisotopic (exact) mass is 217 g/mol. The van der Waals surface area contributed by atoms with Gasteiger partial charge >= 0.3 is 0 Å². The van der Waals surface area contributed by atoms with Crippen molar-refractivity contribution in [3.8, 4) is 0 Å². The third-order valence-electron chi connectivity index (χ3n) is 1.83. The average Bonchev–Trinajstić information content (AvgIpc) is 2.10. The molecule has 0 heterocycles. The third kappa shape index (κ3) is 3.09. The molecule has 1 N–H and O–H groups in total. The van der Waals surface area contributed by atoms with Crippen molar-refractivity contribution in [1.29, 1.82) is 0 Å². The van der Waals surface area contributed by atoms with E-state index in [0.29, 0.717) is 5.88 Å². The van der Waals surface area contributed by atoms with Crippen LogP contribution in [0.25, 0.3) is 0 Å². The summed E-state index contributed by atoms with van der Waals surface area (Å²) in [5.41, 5.74) is 2.19. The second-order valence-corrected chi connectivity index (χ2v) is 3.69. The van der Waals surface area contributed by atoms with Crippen molar-refractivity contribution < 1.29 is 0 Å². The fraction of sp³-hybridized carbons (Fsp3) is 0.400. The Kier molecular flexibility index (Phi) is 4.40. The van der Waals surface area contributed by atoms with E-state index in [1.54, 1.807) is 0 Å². The van der Waals surface area contributed by atoms with E-state index in [-0.39, 0.29) is 0 Å². The Labute approximate surface area is 89.0 Å². The van der Waals surface area contributed by atoms with E-state index in [1.807, 2.05) is 25.1 Å². The summed E-state index contributed by atoms with van der Waals surface area (Å²) in [5, 5.41) is 4.04. The molecule has 1 rings (SSSR count).